The van der Waals surface area contributed by atoms with Gasteiger partial charge in [-0.15, -0.1) is 0 Å². The first kappa shape index (κ1) is 27.3. The number of hydrogen-bond donors (Lipinski definition) is 1. The minimum absolute atomic E-state index is 0.0146. The van der Waals surface area contributed by atoms with Gasteiger partial charge in [-0.05, 0) is 85.2 Å². The molecule has 39 heavy (non-hydrogen) atoms. The molecule has 1 aliphatic heterocycles. The molecule has 0 bridgehead atoms. The normalized spacial score (nSPS) is 18.4. The molecule has 0 saturated heterocycles. The Morgan fingerprint density at radius 1 is 1.15 bits per heavy atom. The predicted molar refractivity (Wildman–Crippen MR) is 148 cm³/mol. The van der Waals surface area contributed by atoms with Gasteiger partial charge in [-0.2, -0.15) is 0 Å². The van der Waals surface area contributed by atoms with E-state index < -0.39 is 22.9 Å². The molecular formula is C31H33FO6S. The van der Waals surface area contributed by atoms with E-state index in [-0.39, 0.29) is 18.2 Å². The quantitative estimate of drug-likeness (QED) is 0.299. The van der Waals surface area contributed by atoms with E-state index in [1.165, 1.54) is 6.07 Å². The third-order valence-electron chi connectivity index (χ3n) is 7.56. The maximum absolute atomic E-state index is 15.2. The molecule has 0 saturated carbocycles. The summed E-state index contributed by atoms with van der Waals surface area (Å²) < 4.78 is 45.1. The second-order valence-electron chi connectivity index (χ2n) is 10.3. The van der Waals surface area contributed by atoms with Crippen molar-refractivity contribution in [3.8, 4) is 22.6 Å². The highest BCUT2D eigenvalue weighted by atomic mass is 32.2. The van der Waals surface area contributed by atoms with Crippen molar-refractivity contribution >= 4 is 16.8 Å². The molecule has 1 N–H and O–H groups in total. The van der Waals surface area contributed by atoms with Gasteiger partial charge in [-0.25, -0.2) is 4.39 Å². The van der Waals surface area contributed by atoms with Crippen LogP contribution in [0, 0.1) is 19.7 Å². The lowest BCUT2D eigenvalue weighted by Gasteiger charge is -2.19. The molecule has 1 heterocycles. The van der Waals surface area contributed by atoms with Gasteiger partial charge in [0.05, 0.1) is 23.8 Å². The number of fused-ring (bicyclic) bond motifs is 2. The molecule has 0 radical (unpaired) electrons. The summed E-state index contributed by atoms with van der Waals surface area (Å²) in [6, 6.07) is 12.7. The molecule has 3 atom stereocenters. The van der Waals surface area contributed by atoms with E-state index in [9.17, 15) is 9.00 Å². The zero-order valence-corrected chi connectivity index (χ0v) is 23.2. The fraction of sp³-hybridized carbons (Fsp3) is 0.387. The first-order valence-corrected chi connectivity index (χ1v) is 14.5. The number of carbonyl (C=O) groups is 1. The molecule has 6 nitrogen and oxygen atoms in total. The van der Waals surface area contributed by atoms with Crippen LogP contribution in [0.5, 0.6) is 11.5 Å². The van der Waals surface area contributed by atoms with E-state index >= 15 is 4.39 Å². The van der Waals surface area contributed by atoms with Crippen molar-refractivity contribution in [3.05, 3.63) is 76.1 Å². The molecule has 0 amide bonds. The molecule has 206 valence electrons. The summed E-state index contributed by atoms with van der Waals surface area (Å²) in [6.07, 6.45) is 1.62. The van der Waals surface area contributed by atoms with Crippen molar-refractivity contribution in [2.75, 3.05) is 26.1 Å². The van der Waals surface area contributed by atoms with Crippen LogP contribution in [0.4, 0.5) is 4.39 Å². The van der Waals surface area contributed by atoms with Crippen molar-refractivity contribution in [1.29, 1.82) is 0 Å². The molecule has 2 aliphatic rings. The lowest BCUT2D eigenvalue weighted by Crippen LogP contribution is -2.07. The smallest absolute Gasteiger partial charge is 0.304 e. The summed E-state index contributed by atoms with van der Waals surface area (Å²) in [4.78, 5) is 11.9. The van der Waals surface area contributed by atoms with Gasteiger partial charge in [-0.3, -0.25) is 9.00 Å². The Morgan fingerprint density at radius 3 is 2.64 bits per heavy atom. The fourth-order valence-corrected chi connectivity index (χ4v) is 7.06. The number of methoxy groups -OCH3 is 1. The molecule has 0 spiro atoms. The van der Waals surface area contributed by atoms with Gasteiger partial charge < -0.3 is 19.3 Å². The molecule has 8 heteroatoms. The van der Waals surface area contributed by atoms with Gasteiger partial charge in [0, 0.05) is 47.5 Å². The van der Waals surface area contributed by atoms with Crippen LogP contribution in [-0.2, 0) is 26.8 Å². The monoisotopic (exact) mass is 552 g/mol. The number of benzene rings is 3. The van der Waals surface area contributed by atoms with Crippen LogP contribution in [0.15, 0.2) is 47.4 Å². The van der Waals surface area contributed by atoms with Crippen molar-refractivity contribution < 1.29 is 32.7 Å². The van der Waals surface area contributed by atoms with Gasteiger partial charge in [0.2, 0.25) is 0 Å². The maximum Gasteiger partial charge on any atom is 0.304 e. The average Bonchev–Trinajstić information content (AvgIpc) is 3.49. The van der Waals surface area contributed by atoms with Crippen LogP contribution < -0.4 is 9.47 Å². The van der Waals surface area contributed by atoms with E-state index in [4.69, 9.17) is 19.3 Å². The van der Waals surface area contributed by atoms with Gasteiger partial charge in [0.15, 0.2) is 0 Å². The Bertz CT molecular complexity index is 1410. The second-order valence-corrected chi connectivity index (χ2v) is 11.8. The van der Waals surface area contributed by atoms with Crippen LogP contribution >= 0.6 is 0 Å². The van der Waals surface area contributed by atoms with Crippen LogP contribution in [-0.4, -0.2) is 41.4 Å². The Hall–Kier alpha value is -3.23. The summed E-state index contributed by atoms with van der Waals surface area (Å²) >= 11 is 0. The highest BCUT2D eigenvalue weighted by Gasteiger charge is 2.32. The minimum atomic E-state index is -1.11. The number of halogens is 1. The number of carboxylic acid groups (broad SMARTS) is 1. The van der Waals surface area contributed by atoms with Crippen LogP contribution in [0.25, 0.3) is 11.1 Å². The lowest BCUT2D eigenvalue weighted by molar-refractivity contribution is -0.137. The van der Waals surface area contributed by atoms with Crippen LogP contribution in [0.3, 0.4) is 0 Å². The number of aliphatic carboxylic acids is 1. The minimum Gasteiger partial charge on any atom is -0.492 e. The van der Waals surface area contributed by atoms with Crippen molar-refractivity contribution in [2.45, 2.75) is 56.4 Å². The Balaban J connectivity index is 1.41. The molecule has 0 fully saturated rings. The largest absolute Gasteiger partial charge is 0.492 e. The molecule has 3 aromatic carbocycles. The summed E-state index contributed by atoms with van der Waals surface area (Å²) in [6.45, 7) is 4.93. The molecule has 1 aliphatic carbocycles. The van der Waals surface area contributed by atoms with Crippen LogP contribution in [0.2, 0.25) is 0 Å². The number of ether oxygens (including phenoxy) is 3. The number of rotatable bonds is 10. The SMILES string of the molecule is COCCCS(=O)c1cc(C)c(-c2ccc(F)c3c2CC[C@H]3Oc2ccc3c(c2)OC[C@H]3CC(=O)O)c(C)c1. The summed E-state index contributed by atoms with van der Waals surface area (Å²) in [7, 11) is 0.535. The Kier molecular flexibility index (Phi) is 8.05. The second kappa shape index (κ2) is 11.5. The highest BCUT2D eigenvalue weighted by molar-refractivity contribution is 7.85. The van der Waals surface area contributed by atoms with E-state index in [0.717, 1.165) is 44.7 Å². The average molecular weight is 553 g/mol. The van der Waals surface area contributed by atoms with E-state index in [0.29, 0.717) is 48.9 Å². The van der Waals surface area contributed by atoms with Gasteiger partial charge in [0.1, 0.15) is 23.4 Å². The highest BCUT2D eigenvalue weighted by Crippen LogP contribution is 2.45. The Morgan fingerprint density at radius 2 is 1.92 bits per heavy atom. The zero-order valence-electron chi connectivity index (χ0n) is 22.4. The molecule has 3 aromatic rings. The van der Waals surface area contributed by atoms with Gasteiger partial charge >= 0.3 is 5.97 Å². The lowest BCUT2D eigenvalue weighted by atomic mass is 9.90. The molecule has 1 unspecified atom stereocenters. The summed E-state index contributed by atoms with van der Waals surface area (Å²) in [5.74, 6) is 0.407. The molecule has 0 aromatic heterocycles. The van der Waals surface area contributed by atoms with Crippen molar-refractivity contribution in [1.82, 2.24) is 0 Å². The summed E-state index contributed by atoms with van der Waals surface area (Å²) in [5.41, 5.74) is 6.42. The van der Waals surface area contributed by atoms with Crippen LogP contribution in [0.1, 0.15) is 59.1 Å². The van der Waals surface area contributed by atoms with Crippen molar-refractivity contribution in [3.63, 3.8) is 0 Å². The predicted octanol–water partition coefficient (Wildman–Crippen LogP) is 6.27. The third-order valence-corrected chi connectivity index (χ3v) is 8.98. The Labute approximate surface area is 230 Å². The zero-order chi connectivity index (χ0) is 27.7. The van der Waals surface area contributed by atoms with Gasteiger partial charge in [0.25, 0.3) is 0 Å². The van der Waals surface area contributed by atoms with Crippen molar-refractivity contribution in [2.24, 2.45) is 0 Å². The number of hydrogen-bond acceptors (Lipinski definition) is 5. The van der Waals surface area contributed by atoms with E-state index in [2.05, 4.69) is 0 Å². The van der Waals surface area contributed by atoms with E-state index in [1.807, 2.05) is 44.2 Å². The molecular weight excluding hydrogens is 519 g/mol. The fourth-order valence-electron chi connectivity index (χ4n) is 5.83. The number of aryl methyl sites for hydroxylation is 2. The summed E-state index contributed by atoms with van der Waals surface area (Å²) in [5, 5.41) is 9.15. The van der Waals surface area contributed by atoms with Gasteiger partial charge in [-0.1, -0.05) is 12.1 Å². The number of carboxylic acids is 1. The first-order valence-electron chi connectivity index (χ1n) is 13.2. The standard InChI is InChI=1S/C31H33FO6S/c1-18-13-22(39(35)12-4-11-36-3)14-19(2)30(18)24-7-9-26(32)31-25(24)8-10-27(31)38-21-5-6-23-20(15-29(33)34)17-37-28(23)16-21/h5-7,9,13-14,16,20,27H,4,8,10-12,15,17H2,1-3H3,(H,33,34)/t20-,27-,39?/m1/s1. The van der Waals surface area contributed by atoms with E-state index in [1.54, 1.807) is 13.2 Å². The topological polar surface area (TPSA) is 82.1 Å². The third kappa shape index (κ3) is 5.58. The maximum atomic E-state index is 15.2. The molecule has 5 rings (SSSR count). The first-order chi connectivity index (χ1) is 18.8.